The van der Waals surface area contributed by atoms with E-state index in [0.717, 1.165) is 11.8 Å². The molecular weight excluding hydrogens is 279 g/mol. The highest BCUT2D eigenvalue weighted by molar-refractivity contribution is 6.06. The van der Waals surface area contributed by atoms with Gasteiger partial charge in [0.15, 0.2) is 0 Å². The highest BCUT2D eigenvalue weighted by Crippen LogP contribution is 2.24. The van der Waals surface area contributed by atoms with E-state index in [1.807, 2.05) is 17.0 Å². The van der Waals surface area contributed by atoms with Crippen LogP contribution in [0.5, 0.6) is 0 Å². The number of H-pyrrole nitrogens is 1. The van der Waals surface area contributed by atoms with Crippen LogP contribution in [-0.4, -0.2) is 22.3 Å². The molecule has 22 heavy (non-hydrogen) atoms. The molecule has 0 radical (unpaired) electrons. The van der Waals surface area contributed by atoms with Gasteiger partial charge in [0.05, 0.1) is 5.56 Å². The average molecular weight is 294 g/mol. The van der Waals surface area contributed by atoms with Crippen molar-refractivity contribution in [3.63, 3.8) is 0 Å². The second-order valence-corrected chi connectivity index (χ2v) is 5.64. The fourth-order valence-corrected chi connectivity index (χ4v) is 3.11. The highest BCUT2D eigenvalue weighted by Gasteiger charge is 2.23. The number of carbonyl (C=O) groups excluding carboxylic acids is 1. The van der Waals surface area contributed by atoms with Crippen molar-refractivity contribution < 1.29 is 9.18 Å². The van der Waals surface area contributed by atoms with Crippen molar-refractivity contribution in [2.45, 2.75) is 13.0 Å². The first kappa shape index (κ1) is 13.1. The molecule has 4 heteroatoms. The number of fused-ring (bicyclic) bond motifs is 2. The maximum absolute atomic E-state index is 13.3. The van der Waals surface area contributed by atoms with Crippen LogP contribution in [0.1, 0.15) is 21.5 Å². The highest BCUT2D eigenvalue weighted by atomic mass is 19.1. The Hall–Kier alpha value is -2.62. The lowest BCUT2D eigenvalue weighted by Crippen LogP contribution is -2.35. The Morgan fingerprint density at radius 2 is 1.95 bits per heavy atom. The molecule has 1 aliphatic rings. The van der Waals surface area contributed by atoms with Crippen molar-refractivity contribution in [1.29, 1.82) is 0 Å². The average Bonchev–Trinajstić information content (AvgIpc) is 2.96. The van der Waals surface area contributed by atoms with Crippen LogP contribution in [-0.2, 0) is 13.0 Å². The number of aromatic amines is 1. The van der Waals surface area contributed by atoms with Crippen molar-refractivity contribution >= 4 is 16.8 Å². The summed E-state index contributed by atoms with van der Waals surface area (Å²) < 4.78 is 13.3. The van der Waals surface area contributed by atoms with Crippen molar-refractivity contribution in [3.8, 4) is 0 Å². The quantitative estimate of drug-likeness (QED) is 0.732. The number of aromatic nitrogens is 1. The summed E-state index contributed by atoms with van der Waals surface area (Å²) in [6.07, 6.45) is 2.55. The summed E-state index contributed by atoms with van der Waals surface area (Å²) in [5, 5.41) is 0.769. The Morgan fingerprint density at radius 3 is 2.82 bits per heavy atom. The molecule has 4 rings (SSSR count). The molecule has 1 aromatic heterocycles. The van der Waals surface area contributed by atoms with Crippen LogP contribution in [0.3, 0.4) is 0 Å². The van der Waals surface area contributed by atoms with E-state index in [1.54, 1.807) is 12.3 Å². The summed E-state index contributed by atoms with van der Waals surface area (Å²) in [7, 11) is 0. The van der Waals surface area contributed by atoms with Crippen molar-refractivity contribution in [2.75, 3.05) is 6.54 Å². The minimum Gasteiger partial charge on any atom is -0.360 e. The molecule has 2 heterocycles. The van der Waals surface area contributed by atoms with Gasteiger partial charge in [-0.2, -0.15) is 0 Å². The zero-order chi connectivity index (χ0) is 15.1. The Bertz CT molecular complexity index is 868. The fourth-order valence-electron chi connectivity index (χ4n) is 3.11. The smallest absolute Gasteiger partial charge is 0.256 e. The number of hydrogen-bond donors (Lipinski definition) is 1. The first-order chi connectivity index (χ1) is 10.7. The number of hydrogen-bond acceptors (Lipinski definition) is 1. The van der Waals surface area contributed by atoms with Crippen LogP contribution in [0.2, 0.25) is 0 Å². The van der Waals surface area contributed by atoms with Crippen LogP contribution in [0.25, 0.3) is 10.9 Å². The van der Waals surface area contributed by atoms with Gasteiger partial charge in [0, 0.05) is 30.2 Å². The standard InChI is InChI=1S/C18H15FN2O/c19-14-5-6-15-16(10-20-17(15)9-14)18(22)21-8-7-12-3-1-2-4-13(12)11-21/h1-6,9-10,20H,7-8,11H2. The molecule has 0 fully saturated rings. The van der Waals surface area contributed by atoms with Gasteiger partial charge in [-0.1, -0.05) is 24.3 Å². The molecule has 1 aliphatic heterocycles. The number of nitrogens with zero attached hydrogens (tertiary/aromatic N) is 1. The van der Waals surface area contributed by atoms with Gasteiger partial charge in [0.2, 0.25) is 0 Å². The number of nitrogens with one attached hydrogen (secondary N) is 1. The van der Waals surface area contributed by atoms with Gasteiger partial charge >= 0.3 is 0 Å². The van der Waals surface area contributed by atoms with Crippen molar-refractivity contribution in [1.82, 2.24) is 9.88 Å². The molecule has 0 saturated carbocycles. The third-order valence-electron chi connectivity index (χ3n) is 4.29. The maximum atomic E-state index is 13.3. The predicted octanol–water partition coefficient (Wildman–Crippen LogP) is 3.51. The summed E-state index contributed by atoms with van der Waals surface area (Å²) in [6.45, 7) is 1.34. The van der Waals surface area contributed by atoms with Crippen LogP contribution in [0.4, 0.5) is 4.39 Å². The molecule has 0 bridgehead atoms. The number of halogens is 1. The Balaban J connectivity index is 1.67. The molecule has 3 nitrogen and oxygen atoms in total. The third kappa shape index (κ3) is 2.08. The lowest BCUT2D eigenvalue weighted by atomic mass is 9.99. The molecule has 0 aliphatic carbocycles. The second-order valence-electron chi connectivity index (χ2n) is 5.64. The van der Waals surface area contributed by atoms with E-state index in [-0.39, 0.29) is 11.7 Å². The van der Waals surface area contributed by atoms with E-state index < -0.39 is 0 Å². The fraction of sp³-hybridized carbons (Fsp3) is 0.167. The minimum absolute atomic E-state index is 0.00707. The monoisotopic (exact) mass is 294 g/mol. The summed E-state index contributed by atoms with van der Waals surface area (Å²) in [4.78, 5) is 17.6. The van der Waals surface area contributed by atoms with Gasteiger partial charge in [-0.15, -0.1) is 0 Å². The molecule has 110 valence electrons. The van der Waals surface area contributed by atoms with Crippen LogP contribution in [0, 0.1) is 5.82 Å². The summed E-state index contributed by atoms with van der Waals surface area (Å²) >= 11 is 0. The molecule has 0 unspecified atom stereocenters. The van der Waals surface area contributed by atoms with Gasteiger partial charge in [-0.25, -0.2) is 4.39 Å². The van der Waals surface area contributed by atoms with E-state index in [4.69, 9.17) is 0 Å². The molecule has 1 N–H and O–H groups in total. The molecule has 0 spiro atoms. The van der Waals surface area contributed by atoms with Crippen LogP contribution in [0.15, 0.2) is 48.7 Å². The first-order valence-electron chi connectivity index (χ1n) is 7.35. The third-order valence-corrected chi connectivity index (χ3v) is 4.29. The van der Waals surface area contributed by atoms with Gasteiger partial charge in [-0.05, 0) is 35.7 Å². The largest absolute Gasteiger partial charge is 0.360 e. The molecule has 0 saturated heterocycles. The number of amides is 1. The second kappa shape index (κ2) is 4.98. The Labute approximate surface area is 127 Å². The van der Waals surface area contributed by atoms with Gasteiger partial charge in [0.1, 0.15) is 5.82 Å². The maximum Gasteiger partial charge on any atom is 0.256 e. The summed E-state index contributed by atoms with van der Waals surface area (Å²) in [6, 6.07) is 12.7. The topological polar surface area (TPSA) is 36.1 Å². The number of carbonyl (C=O) groups is 1. The SMILES string of the molecule is O=C(c1c[nH]c2cc(F)ccc12)N1CCc2ccccc2C1. The normalized spacial score (nSPS) is 14.1. The molecule has 3 aromatic rings. The zero-order valence-corrected chi connectivity index (χ0v) is 12.0. The number of benzene rings is 2. The first-order valence-corrected chi connectivity index (χ1v) is 7.35. The van der Waals surface area contributed by atoms with Crippen molar-refractivity contribution in [2.24, 2.45) is 0 Å². The zero-order valence-electron chi connectivity index (χ0n) is 12.0. The minimum atomic E-state index is -0.305. The van der Waals surface area contributed by atoms with E-state index in [1.165, 1.54) is 23.3 Å². The summed E-state index contributed by atoms with van der Waals surface area (Å²) in [5.41, 5.74) is 3.77. The van der Waals surface area contributed by atoms with E-state index in [0.29, 0.717) is 24.2 Å². The molecule has 0 atom stereocenters. The number of rotatable bonds is 1. The summed E-state index contributed by atoms with van der Waals surface area (Å²) in [5.74, 6) is -0.312. The van der Waals surface area contributed by atoms with E-state index >= 15 is 0 Å². The molecular formula is C18H15FN2O. The van der Waals surface area contributed by atoms with Gasteiger partial charge in [0.25, 0.3) is 5.91 Å². The van der Waals surface area contributed by atoms with Crippen LogP contribution >= 0.6 is 0 Å². The molecule has 1 amide bonds. The van der Waals surface area contributed by atoms with Gasteiger partial charge in [-0.3, -0.25) is 4.79 Å². The van der Waals surface area contributed by atoms with E-state index in [2.05, 4.69) is 17.1 Å². The van der Waals surface area contributed by atoms with Gasteiger partial charge < -0.3 is 9.88 Å². The lowest BCUT2D eigenvalue weighted by molar-refractivity contribution is 0.0737. The molecule has 2 aromatic carbocycles. The Morgan fingerprint density at radius 1 is 1.14 bits per heavy atom. The predicted molar refractivity (Wildman–Crippen MR) is 83.1 cm³/mol. The Kier molecular flexibility index (Phi) is 2.96. The lowest BCUT2D eigenvalue weighted by Gasteiger charge is -2.28. The van der Waals surface area contributed by atoms with Crippen LogP contribution < -0.4 is 0 Å². The van der Waals surface area contributed by atoms with Crippen molar-refractivity contribution in [3.05, 3.63) is 71.2 Å². The van der Waals surface area contributed by atoms with E-state index in [9.17, 15) is 9.18 Å².